The lowest BCUT2D eigenvalue weighted by Gasteiger charge is -2.34. The first-order valence-corrected chi connectivity index (χ1v) is 16.8. The van der Waals surface area contributed by atoms with Gasteiger partial charge in [-0.2, -0.15) is 0 Å². The van der Waals surface area contributed by atoms with Gasteiger partial charge in [0.05, 0.1) is 11.4 Å². The van der Waals surface area contributed by atoms with Crippen molar-refractivity contribution in [2.75, 3.05) is 13.1 Å². The third-order valence-corrected chi connectivity index (χ3v) is 11.8. The second kappa shape index (κ2) is 10.9. The van der Waals surface area contributed by atoms with Crippen LogP contribution in [-0.4, -0.2) is 49.7 Å². The Bertz CT molecular complexity index is 1410. The lowest BCUT2D eigenvalue weighted by molar-refractivity contribution is -0.134. The molecule has 2 aromatic carbocycles. The predicted molar refractivity (Wildman–Crippen MR) is 158 cm³/mol. The molecule has 220 valence electrons. The highest BCUT2D eigenvalue weighted by molar-refractivity contribution is 7.89. The molecule has 6 rings (SSSR count). The fourth-order valence-corrected chi connectivity index (χ4v) is 9.18. The fraction of sp³-hybridized carbons (Fsp3) is 0.576. The van der Waals surface area contributed by atoms with Gasteiger partial charge >= 0.3 is 0 Å². The first kappa shape index (κ1) is 28.6. The van der Waals surface area contributed by atoms with Crippen LogP contribution in [0.2, 0.25) is 0 Å². The zero-order chi connectivity index (χ0) is 28.8. The van der Waals surface area contributed by atoms with E-state index in [1.165, 1.54) is 11.1 Å². The van der Waals surface area contributed by atoms with Crippen LogP contribution in [0, 0.1) is 23.2 Å². The molecule has 2 unspecified atom stereocenters. The highest BCUT2D eigenvalue weighted by Crippen LogP contribution is 2.60. The Labute approximate surface area is 244 Å². The summed E-state index contributed by atoms with van der Waals surface area (Å²) >= 11 is 0. The van der Waals surface area contributed by atoms with Crippen molar-refractivity contribution in [3.8, 4) is 0 Å². The Morgan fingerprint density at radius 1 is 0.976 bits per heavy atom. The SMILES string of the molecule is CC(C)[C@@H]1CC1(NC(=O)[C@@H]1CCCC[C@]12CC2NS(=O)(=O)c1ccccc1)C(=O)CN1CCCc2ccccc2C1. The van der Waals surface area contributed by atoms with Crippen molar-refractivity contribution in [3.63, 3.8) is 0 Å². The molecule has 0 saturated heterocycles. The Balaban J connectivity index is 1.16. The van der Waals surface area contributed by atoms with Gasteiger partial charge in [-0.25, -0.2) is 13.1 Å². The highest BCUT2D eigenvalue weighted by Gasteiger charge is 2.66. The van der Waals surface area contributed by atoms with Crippen molar-refractivity contribution in [3.05, 3.63) is 65.7 Å². The number of aryl methyl sites for hydroxylation is 1. The van der Waals surface area contributed by atoms with Gasteiger partial charge < -0.3 is 5.32 Å². The molecule has 1 heterocycles. The number of nitrogens with one attached hydrogen (secondary N) is 2. The summed E-state index contributed by atoms with van der Waals surface area (Å²) in [4.78, 5) is 30.5. The van der Waals surface area contributed by atoms with E-state index in [2.05, 4.69) is 53.1 Å². The molecule has 3 saturated carbocycles. The van der Waals surface area contributed by atoms with E-state index in [1.807, 2.05) is 0 Å². The number of ketones is 1. The molecule has 0 bridgehead atoms. The summed E-state index contributed by atoms with van der Waals surface area (Å²) in [5.41, 5.74) is 1.46. The number of Topliss-reactive ketones (excluding diaryl/α,β-unsaturated/α-hetero) is 1. The normalized spacial score (nSPS) is 31.3. The van der Waals surface area contributed by atoms with Gasteiger partial charge in [0, 0.05) is 18.5 Å². The summed E-state index contributed by atoms with van der Waals surface area (Å²) in [6.07, 6.45) is 6.88. The summed E-state index contributed by atoms with van der Waals surface area (Å²) < 4.78 is 29.0. The Morgan fingerprint density at radius 2 is 1.71 bits per heavy atom. The van der Waals surface area contributed by atoms with Crippen LogP contribution in [0.25, 0.3) is 0 Å². The minimum Gasteiger partial charge on any atom is -0.343 e. The monoisotopic (exact) mass is 577 g/mol. The molecule has 2 aromatic rings. The maximum absolute atomic E-state index is 14.0. The highest BCUT2D eigenvalue weighted by atomic mass is 32.2. The van der Waals surface area contributed by atoms with Gasteiger partial charge in [-0.1, -0.05) is 69.2 Å². The number of hydrogen-bond acceptors (Lipinski definition) is 5. The Morgan fingerprint density at radius 3 is 2.44 bits per heavy atom. The number of amides is 1. The van der Waals surface area contributed by atoms with Gasteiger partial charge in [0.2, 0.25) is 15.9 Å². The predicted octanol–water partition coefficient (Wildman–Crippen LogP) is 4.46. The number of hydrogen-bond donors (Lipinski definition) is 2. The van der Waals surface area contributed by atoms with Gasteiger partial charge in [0.1, 0.15) is 5.54 Å². The summed E-state index contributed by atoms with van der Waals surface area (Å²) in [7, 11) is -3.66. The van der Waals surface area contributed by atoms with E-state index in [0.717, 1.165) is 51.6 Å². The van der Waals surface area contributed by atoms with Crippen molar-refractivity contribution in [2.24, 2.45) is 23.2 Å². The van der Waals surface area contributed by atoms with E-state index < -0.39 is 15.6 Å². The summed E-state index contributed by atoms with van der Waals surface area (Å²) in [5, 5.41) is 3.31. The third-order valence-electron chi connectivity index (χ3n) is 10.3. The maximum atomic E-state index is 14.0. The van der Waals surface area contributed by atoms with Gasteiger partial charge in [0.15, 0.2) is 5.78 Å². The molecule has 1 amide bonds. The van der Waals surface area contributed by atoms with Gasteiger partial charge in [-0.05, 0) is 85.6 Å². The van der Waals surface area contributed by atoms with Crippen LogP contribution in [0.5, 0.6) is 0 Å². The molecule has 41 heavy (non-hydrogen) atoms. The van der Waals surface area contributed by atoms with E-state index >= 15 is 0 Å². The van der Waals surface area contributed by atoms with Crippen LogP contribution in [-0.2, 0) is 32.6 Å². The zero-order valence-corrected chi connectivity index (χ0v) is 25.1. The van der Waals surface area contributed by atoms with Crippen LogP contribution < -0.4 is 10.0 Å². The quantitative estimate of drug-likeness (QED) is 0.459. The standard InChI is InChI=1S/C33H43N3O4S/c1-23(2)28-19-33(28,30(37)22-36-18-10-13-24-11-6-7-12-25(24)21-36)34-31(38)27-16-8-9-17-32(27)20-29(32)35-41(39,40)26-14-4-3-5-15-26/h3-7,11-12,14-15,23,27-29,35H,8-10,13,16-22H2,1-2H3,(H,34,38)/t27-,28-,29?,32-,33?/m0/s1. The van der Waals surface area contributed by atoms with Crippen molar-refractivity contribution in [1.29, 1.82) is 0 Å². The number of benzene rings is 2. The molecule has 1 aliphatic heterocycles. The number of fused-ring (bicyclic) bond motifs is 1. The van der Waals surface area contributed by atoms with Crippen LogP contribution in [0.1, 0.15) is 69.9 Å². The molecule has 2 N–H and O–H groups in total. The van der Waals surface area contributed by atoms with Crippen molar-refractivity contribution in [1.82, 2.24) is 14.9 Å². The molecule has 0 radical (unpaired) electrons. The summed E-state index contributed by atoms with van der Waals surface area (Å²) in [5.74, 6) is 0.178. The smallest absolute Gasteiger partial charge is 0.240 e. The van der Waals surface area contributed by atoms with Crippen LogP contribution in [0.3, 0.4) is 0 Å². The van der Waals surface area contributed by atoms with E-state index in [9.17, 15) is 18.0 Å². The molecule has 3 fully saturated rings. The average Bonchev–Trinajstić information content (AvgIpc) is 3.86. The number of sulfonamides is 1. The minimum atomic E-state index is -3.66. The van der Waals surface area contributed by atoms with E-state index in [0.29, 0.717) is 19.4 Å². The Kier molecular flexibility index (Phi) is 7.62. The van der Waals surface area contributed by atoms with Crippen molar-refractivity contribution in [2.45, 2.75) is 88.2 Å². The molecule has 3 aliphatic carbocycles. The van der Waals surface area contributed by atoms with E-state index in [1.54, 1.807) is 30.3 Å². The number of nitrogens with zero attached hydrogens (tertiary/aromatic N) is 1. The van der Waals surface area contributed by atoms with Crippen molar-refractivity contribution < 1.29 is 18.0 Å². The van der Waals surface area contributed by atoms with Crippen molar-refractivity contribution >= 4 is 21.7 Å². The fourth-order valence-electron chi connectivity index (χ4n) is 7.83. The van der Waals surface area contributed by atoms with Gasteiger partial charge in [0.25, 0.3) is 0 Å². The summed E-state index contributed by atoms with van der Waals surface area (Å²) in [6, 6.07) is 16.7. The Hall–Kier alpha value is -2.55. The molecular weight excluding hydrogens is 534 g/mol. The van der Waals surface area contributed by atoms with E-state index in [4.69, 9.17) is 0 Å². The van der Waals surface area contributed by atoms with Crippen LogP contribution in [0.15, 0.2) is 59.5 Å². The second-order valence-electron chi connectivity index (χ2n) is 13.2. The van der Waals surface area contributed by atoms with Crippen LogP contribution in [0.4, 0.5) is 0 Å². The first-order valence-electron chi connectivity index (χ1n) is 15.4. The van der Waals surface area contributed by atoms with Gasteiger partial charge in [-0.15, -0.1) is 0 Å². The summed E-state index contributed by atoms with van der Waals surface area (Å²) in [6.45, 7) is 6.23. The van der Waals surface area contributed by atoms with Gasteiger partial charge in [-0.3, -0.25) is 14.5 Å². The van der Waals surface area contributed by atoms with Crippen LogP contribution >= 0.6 is 0 Å². The molecule has 7 nitrogen and oxygen atoms in total. The average molecular weight is 578 g/mol. The second-order valence-corrected chi connectivity index (χ2v) is 15.0. The largest absolute Gasteiger partial charge is 0.343 e. The molecular formula is C33H43N3O4S. The molecule has 8 heteroatoms. The lowest BCUT2D eigenvalue weighted by Crippen LogP contribution is -2.53. The molecule has 1 spiro atoms. The maximum Gasteiger partial charge on any atom is 0.240 e. The number of carbonyl (C=O) groups excluding carboxylic acids is 2. The third kappa shape index (κ3) is 5.51. The first-order chi connectivity index (χ1) is 19.6. The molecule has 0 aromatic heterocycles. The molecule has 4 aliphatic rings. The number of rotatable bonds is 9. The van der Waals surface area contributed by atoms with E-state index in [-0.39, 0.29) is 45.8 Å². The molecule has 5 atom stereocenters. The lowest BCUT2D eigenvalue weighted by atomic mass is 9.75. The number of carbonyl (C=O) groups is 2. The topological polar surface area (TPSA) is 95.6 Å². The zero-order valence-electron chi connectivity index (χ0n) is 24.3. The minimum absolute atomic E-state index is 0.0659.